The molecule has 2 N–H and O–H groups in total. The highest BCUT2D eigenvalue weighted by molar-refractivity contribution is 5.94. The zero-order chi connectivity index (χ0) is 14.1. The van der Waals surface area contributed by atoms with E-state index in [4.69, 9.17) is 0 Å². The van der Waals surface area contributed by atoms with E-state index >= 15 is 0 Å². The second-order valence-electron chi connectivity index (χ2n) is 5.63. The molecule has 2 aliphatic rings. The summed E-state index contributed by atoms with van der Waals surface area (Å²) >= 11 is 0. The summed E-state index contributed by atoms with van der Waals surface area (Å²) in [5, 5.41) is 6.00. The van der Waals surface area contributed by atoms with Crippen molar-refractivity contribution in [1.29, 1.82) is 0 Å². The van der Waals surface area contributed by atoms with Gasteiger partial charge in [0.1, 0.15) is 0 Å². The Balaban J connectivity index is 1.87. The largest absolute Gasteiger partial charge is 0.349 e. The van der Waals surface area contributed by atoms with Crippen LogP contribution >= 0.6 is 0 Å². The highest BCUT2D eigenvalue weighted by Crippen LogP contribution is 2.30. The Bertz CT molecular complexity index is 523. The fourth-order valence-corrected chi connectivity index (χ4v) is 2.67. The van der Waals surface area contributed by atoms with E-state index < -0.39 is 11.6 Å². The van der Waals surface area contributed by atoms with Crippen molar-refractivity contribution in [2.75, 3.05) is 13.1 Å². The lowest BCUT2D eigenvalue weighted by molar-refractivity contribution is 0.0950. The van der Waals surface area contributed by atoms with Crippen molar-refractivity contribution in [1.82, 2.24) is 10.6 Å². The zero-order valence-electron chi connectivity index (χ0n) is 11.2. The molecular weight excluding hydrogens is 262 g/mol. The van der Waals surface area contributed by atoms with E-state index in [1.54, 1.807) is 0 Å². The van der Waals surface area contributed by atoms with Crippen LogP contribution < -0.4 is 10.6 Å². The van der Waals surface area contributed by atoms with Crippen molar-refractivity contribution in [3.63, 3.8) is 0 Å². The molecule has 1 heterocycles. The number of carbonyl (C=O) groups is 1. The Labute approximate surface area is 116 Å². The highest BCUT2D eigenvalue weighted by atomic mass is 19.2. The molecule has 1 aliphatic carbocycles. The molecule has 108 valence electrons. The van der Waals surface area contributed by atoms with Crippen molar-refractivity contribution in [3.05, 3.63) is 34.9 Å². The Morgan fingerprint density at radius 2 is 1.85 bits per heavy atom. The van der Waals surface area contributed by atoms with Crippen molar-refractivity contribution in [2.45, 2.75) is 37.6 Å². The first-order valence-electron chi connectivity index (χ1n) is 7.15. The summed E-state index contributed by atoms with van der Waals surface area (Å²) in [5.74, 6) is -2.05. The Morgan fingerprint density at radius 3 is 2.50 bits per heavy atom. The van der Waals surface area contributed by atoms with Crippen molar-refractivity contribution in [3.8, 4) is 0 Å². The van der Waals surface area contributed by atoms with E-state index in [1.807, 2.05) is 0 Å². The van der Waals surface area contributed by atoms with Crippen LogP contribution in [0.3, 0.4) is 0 Å². The van der Waals surface area contributed by atoms with Crippen LogP contribution in [0.25, 0.3) is 0 Å². The summed E-state index contributed by atoms with van der Waals surface area (Å²) in [6.07, 6.45) is 3.47. The molecule has 1 aromatic rings. The zero-order valence-corrected chi connectivity index (χ0v) is 11.2. The second kappa shape index (κ2) is 5.48. The molecule has 1 aliphatic heterocycles. The predicted molar refractivity (Wildman–Crippen MR) is 71.7 cm³/mol. The summed E-state index contributed by atoms with van der Waals surface area (Å²) < 4.78 is 27.7. The number of hydrogen-bond acceptors (Lipinski definition) is 2. The number of nitrogens with one attached hydrogen (secondary N) is 2. The number of amides is 1. The van der Waals surface area contributed by atoms with Gasteiger partial charge in [-0.3, -0.25) is 4.79 Å². The van der Waals surface area contributed by atoms with E-state index in [0.29, 0.717) is 5.56 Å². The Hall–Kier alpha value is -1.49. The molecule has 1 saturated heterocycles. The lowest BCUT2D eigenvalue weighted by atomic mass is 9.88. The number of halogens is 2. The third-order valence-electron chi connectivity index (χ3n) is 4.01. The van der Waals surface area contributed by atoms with Gasteiger partial charge in [-0.1, -0.05) is 0 Å². The lowest BCUT2D eigenvalue weighted by Crippen LogP contribution is -2.28. The van der Waals surface area contributed by atoms with Gasteiger partial charge in [-0.15, -0.1) is 0 Å². The summed E-state index contributed by atoms with van der Waals surface area (Å²) in [7, 11) is 0. The van der Waals surface area contributed by atoms with Crippen LogP contribution in [-0.4, -0.2) is 25.0 Å². The Kier molecular flexibility index (Phi) is 3.70. The molecule has 1 saturated carbocycles. The molecule has 5 heteroatoms. The van der Waals surface area contributed by atoms with Gasteiger partial charge in [-0.05, 0) is 62.4 Å². The molecular formula is C15H18F2N2O. The molecule has 1 aromatic carbocycles. The average Bonchev–Trinajstić information content (AvgIpc) is 3.26. The summed E-state index contributed by atoms with van der Waals surface area (Å²) in [4.78, 5) is 12.0. The van der Waals surface area contributed by atoms with E-state index in [2.05, 4.69) is 10.6 Å². The molecule has 0 unspecified atom stereocenters. The van der Waals surface area contributed by atoms with Crippen molar-refractivity contribution >= 4 is 5.91 Å². The molecule has 0 bridgehead atoms. The molecule has 20 heavy (non-hydrogen) atoms. The SMILES string of the molecule is O=C(NC1CC1)c1cc(F)c(F)c(C2CCNCC2)c1. The lowest BCUT2D eigenvalue weighted by Gasteiger charge is -2.24. The van der Waals surface area contributed by atoms with Gasteiger partial charge in [-0.2, -0.15) is 0 Å². The molecule has 3 rings (SSSR count). The fourth-order valence-electron chi connectivity index (χ4n) is 2.67. The van der Waals surface area contributed by atoms with Crippen LogP contribution in [-0.2, 0) is 0 Å². The topological polar surface area (TPSA) is 41.1 Å². The summed E-state index contributed by atoms with van der Waals surface area (Å²) in [6, 6.07) is 2.72. The molecule has 0 spiro atoms. The standard InChI is InChI=1S/C15H18F2N2O/c16-13-8-10(15(20)19-11-1-2-11)7-12(14(13)17)9-3-5-18-6-4-9/h7-9,11,18H,1-6H2,(H,19,20). The number of hydrogen-bond donors (Lipinski definition) is 2. The molecule has 0 atom stereocenters. The van der Waals surface area contributed by atoms with Gasteiger partial charge in [0, 0.05) is 11.6 Å². The van der Waals surface area contributed by atoms with Gasteiger partial charge >= 0.3 is 0 Å². The Morgan fingerprint density at radius 1 is 1.15 bits per heavy atom. The number of rotatable bonds is 3. The van der Waals surface area contributed by atoms with Crippen LogP contribution in [0.2, 0.25) is 0 Å². The molecule has 0 aromatic heterocycles. The first kappa shape index (κ1) is 13.5. The van der Waals surface area contributed by atoms with E-state index in [-0.39, 0.29) is 23.4 Å². The van der Waals surface area contributed by atoms with Gasteiger partial charge in [0.15, 0.2) is 11.6 Å². The highest BCUT2D eigenvalue weighted by Gasteiger charge is 2.26. The monoisotopic (exact) mass is 280 g/mol. The van der Waals surface area contributed by atoms with E-state index in [1.165, 1.54) is 6.07 Å². The molecule has 0 radical (unpaired) electrons. The van der Waals surface area contributed by atoms with Gasteiger partial charge in [0.05, 0.1) is 0 Å². The predicted octanol–water partition coefficient (Wildman–Crippen LogP) is 2.32. The molecule has 3 nitrogen and oxygen atoms in total. The minimum Gasteiger partial charge on any atom is -0.349 e. The van der Waals surface area contributed by atoms with Gasteiger partial charge in [0.25, 0.3) is 5.91 Å². The smallest absolute Gasteiger partial charge is 0.251 e. The normalized spacial score (nSPS) is 19.9. The number of benzene rings is 1. The van der Waals surface area contributed by atoms with Crippen LogP contribution in [0, 0.1) is 11.6 Å². The maximum atomic E-state index is 14.0. The van der Waals surface area contributed by atoms with Gasteiger partial charge in [-0.25, -0.2) is 8.78 Å². The third kappa shape index (κ3) is 2.82. The maximum absolute atomic E-state index is 14.0. The minimum atomic E-state index is -0.929. The van der Waals surface area contributed by atoms with Gasteiger partial charge < -0.3 is 10.6 Å². The molecule has 2 fully saturated rings. The van der Waals surface area contributed by atoms with Crippen molar-refractivity contribution in [2.24, 2.45) is 0 Å². The quantitative estimate of drug-likeness (QED) is 0.892. The third-order valence-corrected chi connectivity index (χ3v) is 4.01. The number of carbonyl (C=O) groups excluding carboxylic acids is 1. The minimum absolute atomic E-state index is 0.0144. The van der Waals surface area contributed by atoms with E-state index in [0.717, 1.165) is 44.8 Å². The molecule has 1 amide bonds. The van der Waals surface area contributed by atoms with Gasteiger partial charge in [0.2, 0.25) is 0 Å². The van der Waals surface area contributed by atoms with Crippen LogP contribution in [0.1, 0.15) is 47.5 Å². The van der Waals surface area contributed by atoms with Crippen molar-refractivity contribution < 1.29 is 13.6 Å². The first-order chi connectivity index (χ1) is 9.65. The average molecular weight is 280 g/mol. The van der Waals surface area contributed by atoms with Crippen LogP contribution in [0.5, 0.6) is 0 Å². The maximum Gasteiger partial charge on any atom is 0.251 e. The second-order valence-corrected chi connectivity index (χ2v) is 5.63. The van der Waals surface area contributed by atoms with E-state index in [9.17, 15) is 13.6 Å². The first-order valence-corrected chi connectivity index (χ1v) is 7.15. The fraction of sp³-hybridized carbons (Fsp3) is 0.533. The van der Waals surface area contributed by atoms with Crippen LogP contribution in [0.15, 0.2) is 12.1 Å². The summed E-state index contributed by atoms with van der Waals surface area (Å²) in [6.45, 7) is 1.59. The number of piperidine rings is 1. The van der Waals surface area contributed by atoms with Crippen LogP contribution in [0.4, 0.5) is 8.78 Å². The summed E-state index contributed by atoms with van der Waals surface area (Å²) in [5.41, 5.74) is 0.566.